The number of unbranched alkanes of at least 4 members (excludes halogenated alkanes) is 9. The van der Waals surface area contributed by atoms with Crippen molar-refractivity contribution in [3.63, 3.8) is 0 Å². The van der Waals surface area contributed by atoms with Crippen LogP contribution in [-0.2, 0) is 16.1 Å². The van der Waals surface area contributed by atoms with Gasteiger partial charge >= 0.3 is 11.9 Å². The van der Waals surface area contributed by atoms with E-state index in [2.05, 4.69) is 6.92 Å². The van der Waals surface area contributed by atoms with Crippen LogP contribution in [0.15, 0.2) is 42.5 Å². The van der Waals surface area contributed by atoms with E-state index in [0.29, 0.717) is 12.2 Å². The van der Waals surface area contributed by atoms with Gasteiger partial charge in [0.2, 0.25) is 0 Å². The first kappa shape index (κ1) is 26.5. The summed E-state index contributed by atoms with van der Waals surface area (Å²) in [6.07, 6.45) is 11.9. The third-order valence-electron chi connectivity index (χ3n) is 5.45. The van der Waals surface area contributed by atoms with E-state index < -0.39 is 23.6 Å². The highest BCUT2D eigenvalue weighted by molar-refractivity contribution is 6.03. The summed E-state index contributed by atoms with van der Waals surface area (Å²) in [6.45, 7) is 2.28. The van der Waals surface area contributed by atoms with E-state index in [4.69, 9.17) is 9.47 Å². The smallest absolute Gasteiger partial charge is 0.339 e. The third kappa shape index (κ3) is 9.72. The molecule has 2 rings (SSSR count). The van der Waals surface area contributed by atoms with Crippen molar-refractivity contribution in [3.8, 4) is 0 Å². The van der Waals surface area contributed by atoms with Crippen LogP contribution in [0.2, 0.25) is 0 Å². The van der Waals surface area contributed by atoms with Gasteiger partial charge in [0.15, 0.2) is 11.6 Å². The molecule has 2 aromatic carbocycles. The van der Waals surface area contributed by atoms with Gasteiger partial charge in [-0.2, -0.15) is 0 Å². The van der Waals surface area contributed by atoms with Gasteiger partial charge in [0.25, 0.3) is 0 Å². The second-order valence-electron chi connectivity index (χ2n) is 8.19. The van der Waals surface area contributed by atoms with Crippen molar-refractivity contribution in [2.24, 2.45) is 0 Å². The highest BCUT2D eigenvalue weighted by Gasteiger charge is 2.19. The molecule has 4 nitrogen and oxygen atoms in total. The average Bonchev–Trinajstić information content (AvgIpc) is 2.83. The first-order chi connectivity index (χ1) is 16.0. The van der Waals surface area contributed by atoms with E-state index in [-0.39, 0.29) is 17.7 Å². The first-order valence-electron chi connectivity index (χ1n) is 11.9. The Morgan fingerprint density at radius 2 is 1.24 bits per heavy atom. The minimum Gasteiger partial charge on any atom is -0.462 e. The van der Waals surface area contributed by atoms with Crippen molar-refractivity contribution in [2.45, 2.75) is 77.7 Å². The summed E-state index contributed by atoms with van der Waals surface area (Å²) in [4.78, 5) is 24.9. The van der Waals surface area contributed by atoms with Crippen molar-refractivity contribution < 1.29 is 27.8 Å². The van der Waals surface area contributed by atoms with Crippen molar-refractivity contribution in [2.75, 3.05) is 6.61 Å². The molecule has 0 N–H and O–H groups in total. The number of halogens is 2. The minimum absolute atomic E-state index is 0.0770. The summed E-state index contributed by atoms with van der Waals surface area (Å²) < 4.78 is 36.9. The van der Waals surface area contributed by atoms with Gasteiger partial charge in [-0.1, -0.05) is 82.9 Å². The van der Waals surface area contributed by atoms with Gasteiger partial charge in [0.1, 0.15) is 6.61 Å². The molecule has 0 aliphatic heterocycles. The molecule has 0 bridgehead atoms. The van der Waals surface area contributed by atoms with Crippen LogP contribution >= 0.6 is 0 Å². The van der Waals surface area contributed by atoms with Gasteiger partial charge in [-0.3, -0.25) is 0 Å². The lowest BCUT2D eigenvalue weighted by molar-refractivity contribution is 0.0436. The molecule has 0 spiro atoms. The second kappa shape index (κ2) is 15.1. The number of esters is 2. The number of hydrogen-bond donors (Lipinski definition) is 0. The molecule has 0 saturated heterocycles. The predicted octanol–water partition coefficient (Wildman–Crippen LogP) is 7.40. The zero-order valence-electron chi connectivity index (χ0n) is 19.4. The molecule has 0 fully saturated rings. The van der Waals surface area contributed by atoms with Crippen molar-refractivity contribution in [1.29, 1.82) is 0 Å². The molecule has 0 saturated carbocycles. The molecule has 33 heavy (non-hydrogen) atoms. The lowest BCUT2D eigenvalue weighted by Crippen LogP contribution is -2.14. The Balaban J connectivity index is 1.72. The van der Waals surface area contributed by atoms with E-state index in [1.807, 2.05) is 0 Å². The van der Waals surface area contributed by atoms with E-state index in [0.717, 1.165) is 31.4 Å². The number of hydrogen-bond acceptors (Lipinski definition) is 4. The van der Waals surface area contributed by atoms with Gasteiger partial charge in [-0.05, 0) is 36.2 Å². The number of rotatable bonds is 15. The molecule has 0 atom stereocenters. The molecule has 0 radical (unpaired) electrons. The van der Waals surface area contributed by atoms with E-state index in [9.17, 15) is 18.4 Å². The number of ether oxygens (including phenoxy) is 2. The van der Waals surface area contributed by atoms with Gasteiger partial charge in [-0.15, -0.1) is 0 Å². The maximum Gasteiger partial charge on any atom is 0.339 e. The van der Waals surface area contributed by atoms with Crippen LogP contribution in [0.4, 0.5) is 8.78 Å². The third-order valence-corrected chi connectivity index (χ3v) is 5.45. The molecule has 180 valence electrons. The Morgan fingerprint density at radius 1 is 0.697 bits per heavy atom. The van der Waals surface area contributed by atoms with Crippen LogP contribution in [0.1, 0.15) is 97.4 Å². The highest BCUT2D eigenvalue weighted by atomic mass is 19.2. The lowest BCUT2D eigenvalue weighted by Gasteiger charge is -2.10. The van der Waals surface area contributed by atoms with Crippen molar-refractivity contribution in [3.05, 3.63) is 70.8 Å². The predicted molar refractivity (Wildman–Crippen MR) is 124 cm³/mol. The normalized spacial score (nSPS) is 10.8. The largest absolute Gasteiger partial charge is 0.462 e. The Bertz CT molecular complexity index is 882. The SMILES string of the molecule is CCCCCCCCCCCCOC(=O)c1ccccc1C(=O)OCc1ccc(F)c(F)c1. The van der Waals surface area contributed by atoms with Gasteiger partial charge in [0.05, 0.1) is 17.7 Å². The molecule has 6 heteroatoms. The summed E-state index contributed by atoms with van der Waals surface area (Å²) in [7, 11) is 0. The van der Waals surface area contributed by atoms with E-state index in [1.54, 1.807) is 12.1 Å². The van der Waals surface area contributed by atoms with Gasteiger partial charge in [0, 0.05) is 0 Å². The Kier molecular flexibility index (Phi) is 12.2. The molecule has 0 aliphatic carbocycles. The summed E-state index contributed by atoms with van der Waals surface area (Å²) in [5.74, 6) is -3.29. The Morgan fingerprint density at radius 3 is 1.82 bits per heavy atom. The molecule has 0 aliphatic rings. The van der Waals surface area contributed by atoms with Crippen LogP contribution in [-0.4, -0.2) is 18.5 Å². The molecule has 0 aromatic heterocycles. The maximum absolute atomic E-state index is 13.3. The number of benzene rings is 2. The van der Waals surface area contributed by atoms with Gasteiger partial charge < -0.3 is 9.47 Å². The van der Waals surface area contributed by atoms with Crippen LogP contribution in [0.25, 0.3) is 0 Å². The zero-order valence-corrected chi connectivity index (χ0v) is 19.4. The second-order valence-corrected chi connectivity index (χ2v) is 8.19. The molecule has 2 aromatic rings. The Labute approximate surface area is 195 Å². The fraction of sp³-hybridized carbons (Fsp3) is 0.481. The summed E-state index contributed by atoms with van der Waals surface area (Å²) in [6, 6.07) is 9.52. The van der Waals surface area contributed by atoms with Crippen LogP contribution in [0.5, 0.6) is 0 Å². The van der Waals surface area contributed by atoms with Crippen molar-refractivity contribution >= 4 is 11.9 Å². The maximum atomic E-state index is 13.3. The topological polar surface area (TPSA) is 52.6 Å². The standard InChI is InChI=1S/C27H34F2O4/c1-2-3-4-5-6-7-8-9-10-13-18-32-26(30)22-14-11-12-15-23(22)27(31)33-20-21-16-17-24(28)25(29)19-21/h11-12,14-17,19H,2-10,13,18,20H2,1H3. The fourth-order valence-corrected chi connectivity index (χ4v) is 3.53. The molecule has 0 amide bonds. The van der Waals surface area contributed by atoms with Crippen LogP contribution in [0, 0.1) is 11.6 Å². The molecule has 0 heterocycles. The fourth-order valence-electron chi connectivity index (χ4n) is 3.53. The lowest BCUT2D eigenvalue weighted by atomic mass is 10.1. The number of carbonyl (C=O) groups is 2. The summed E-state index contributed by atoms with van der Waals surface area (Å²) >= 11 is 0. The monoisotopic (exact) mass is 460 g/mol. The van der Waals surface area contributed by atoms with Crippen LogP contribution < -0.4 is 0 Å². The minimum atomic E-state index is -1.01. The van der Waals surface area contributed by atoms with Gasteiger partial charge in [-0.25, -0.2) is 18.4 Å². The van der Waals surface area contributed by atoms with E-state index in [1.165, 1.54) is 63.1 Å². The first-order valence-corrected chi connectivity index (χ1v) is 11.9. The van der Waals surface area contributed by atoms with Crippen LogP contribution in [0.3, 0.4) is 0 Å². The van der Waals surface area contributed by atoms with E-state index >= 15 is 0 Å². The Hall–Kier alpha value is -2.76. The molecular formula is C27H34F2O4. The summed E-state index contributed by atoms with van der Waals surface area (Å²) in [5.41, 5.74) is 0.510. The summed E-state index contributed by atoms with van der Waals surface area (Å²) in [5, 5.41) is 0. The molecule has 0 unspecified atom stereocenters. The quantitative estimate of drug-likeness (QED) is 0.205. The highest BCUT2D eigenvalue weighted by Crippen LogP contribution is 2.16. The molecular weight excluding hydrogens is 426 g/mol. The van der Waals surface area contributed by atoms with Crippen molar-refractivity contribution in [1.82, 2.24) is 0 Å². The average molecular weight is 461 g/mol. The number of carbonyl (C=O) groups excluding carboxylic acids is 2. The zero-order chi connectivity index (χ0) is 23.9.